The number of piperidine rings is 1. The summed E-state index contributed by atoms with van der Waals surface area (Å²) in [5.41, 5.74) is 0. The van der Waals surface area contributed by atoms with Crippen molar-refractivity contribution in [2.75, 3.05) is 25.4 Å². The average molecular weight is 446 g/mol. The number of rotatable bonds is 8. The van der Waals surface area contributed by atoms with E-state index in [-0.39, 0.29) is 24.1 Å². The highest BCUT2D eigenvalue weighted by molar-refractivity contribution is 7.89. The van der Waals surface area contributed by atoms with Crippen LogP contribution in [0.15, 0.2) is 0 Å². The molecule has 1 saturated carbocycles. The number of nitrogens with zero attached hydrogens (tertiary/aromatic N) is 1. The second kappa shape index (κ2) is 9.50. The van der Waals surface area contributed by atoms with E-state index in [2.05, 4.69) is 10.0 Å². The lowest BCUT2D eigenvalue weighted by Gasteiger charge is -2.42. The highest BCUT2D eigenvalue weighted by atomic mass is 32.2. The second-order valence-corrected chi connectivity index (χ2v) is 11.6. The molecule has 2 heterocycles. The summed E-state index contributed by atoms with van der Waals surface area (Å²) in [6.45, 7) is 5.43. The van der Waals surface area contributed by atoms with Crippen LogP contribution in [0.1, 0.15) is 46.0 Å². The standard InChI is InChI=1S/C20H35N3O6S/c1-12(2)11-30(28,29)22-16-7-18(20(26)27)23(10-16)9-13-3-4-14-8-21-17(19(24)25)6-15(14)5-13/h12-18,21-22H,3-11H2,1-2H3,(H,24,25)(H,26,27). The zero-order valence-electron chi connectivity index (χ0n) is 17.8. The molecule has 0 bridgehead atoms. The van der Waals surface area contributed by atoms with E-state index in [0.717, 1.165) is 25.8 Å². The van der Waals surface area contributed by atoms with E-state index in [4.69, 9.17) is 0 Å². The van der Waals surface area contributed by atoms with Crippen molar-refractivity contribution in [2.45, 2.75) is 64.1 Å². The first-order valence-corrected chi connectivity index (χ1v) is 12.6. The van der Waals surface area contributed by atoms with Gasteiger partial charge in [0.2, 0.25) is 10.0 Å². The minimum absolute atomic E-state index is 0.00470. The van der Waals surface area contributed by atoms with Gasteiger partial charge in [0.05, 0.1) is 5.75 Å². The average Bonchev–Trinajstić information content (AvgIpc) is 3.01. The summed E-state index contributed by atoms with van der Waals surface area (Å²) >= 11 is 0. The van der Waals surface area contributed by atoms with Crippen LogP contribution in [0.3, 0.4) is 0 Å². The first-order chi connectivity index (χ1) is 14.0. The molecular weight excluding hydrogens is 410 g/mol. The largest absolute Gasteiger partial charge is 0.480 e. The quantitative estimate of drug-likeness (QED) is 0.426. The third kappa shape index (κ3) is 5.93. The van der Waals surface area contributed by atoms with Crippen molar-refractivity contribution < 1.29 is 28.2 Å². The van der Waals surface area contributed by atoms with Crippen LogP contribution in [0.5, 0.6) is 0 Å². The first-order valence-electron chi connectivity index (χ1n) is 11.0. The summed E-state index contributed by atoms with van der Waals surface area (Å²) in [6, 6.07) is -1.57. The molecule has 0 aromatic heterocycles. The summed E-state index contributed by atoms with van der Waals surface area (Å²) in [4.78, 5) is 25.0. The number of hydrogen-bond donors (Lipinski definition) is 4. The summed E-state index contributed by atoms with van der Waals surface area (Å²) in [5.74, 6) is -0.541. The minimum Gasteiger partial charge on any atom is -0.480 e. The molecule has 3 rings (SSSR count). The molecule has 30 heavy (non-hydrogen) atoms. The van der Waals surface area contributed by atoms with Gasteiger partial charge in [-0.1, -0.05) is 13.8 Å². The van der Waals surface area contributed by atoms with Crippen LogP contribution >= 0.6 is 0 Å². The Morgan fingerprint density at radius 3 is 2.47 bits per heavy atom. The van der Waals surface area contributed by atoms with Crippen molar-refractivity contribution in [2.24, 2.45) is 23.7 Å². The maximum Gasteiger partial charge on any atom is 0.320 e. The Hall–Kier alpha value is -1.23. The topological polar surface area (TPSA) is 136 Å². The van der Waals surface area contributed by atoms with Crippen molar-refractivity contribution in [3.8, 4) is 0 Å². The Morgan fingerprint density at radius 2 is 1.83 bits per heavy atom. The molecule has 172 valence electrons. The maximum atomic E-state index is 12.3. The molecule has 9 nitrogen and oxygen atoms in total. The summed E-state index contributed by atoms with van der Waals surface area (Å²) in [7, 11) is -3.43. The molecule has 6 unspecified atom stereocenters. The van der Waals surface area contributed by atoms with E-state index in [1.54, 1.807) is 0 Å². The van der Waals surface area contributed by atoms with Crippen LogP contribution in [-0.2, 0) is 19.6 Å². The molecular formula is C20H35N3O6S. The molecule has 0 aromatic rings. The van der Waals surface area contributed by atoms with Gasteiger partial charge in [0.25, 0.3) is 0 Å². The highest BCUT2D eigenvalue weighted by Gasteiger charge is 2.42. The molecule has 3 fully saturated rings. The van der Waals surface area contributed by atoms with Gasteiger partial charge in [-0.2, -0.15) is 0 Å². The number of fused-ring (bicyclic) bond motifs is 1. The fourth-order valence-corrected chi connectivity index (χ4v) is 7.19. The Kier molecular flexibility index (Phi) is 7.42. The highest BCUT2D eigenvalue weighted by Crippen LogP contribution is 2.39. The van der Waals surface area contributed by atoms with E-state index in [1.807, 2.05) is 18.7 Å². The molecule has 10 heteroatoms. The Bertz CT molecular complexity index is 743. The second-order valence-electron chi connectivity index (χ2n) is 9.77. The fraction of sp³-hybridized carbons (Fsp3) is 0.900. The zero-order valence-corrected chi connectivity index (χ0v) is 18.6. The molecule has 2 aliphatic heterocycles. The number of carboxylic acids is 2. The molecule has 2 saturated heterocycles. The maximum absolute atomic E-state index is 12.3. The molecule has 4 N–H and O–H groups in total. The van der Waals surface area contributed by atoms with Crippen LogP contribution in [0.2, 0.25) is 0 Å². The molecule has 0 aromatic carbocycles. The monoisotopic (exact) mass is 445 g/mol. The van der Waals surface area contributed by atoms with Crippen LogP contribution in [0.25, 0.3) is 0 Å². The number of nitrogens with one attached hydrogen (secondary N) is 2. The number of likely N-dealkylation sites (tertiary alicyclic amines) is 1. The lowest BCUT2D eigenvalue weighted by atomic mass is 9.69. The van der Waals surface area contributed by atoms with E-state index in [1.165, 1.54) is 0 Å². The molecule has 0 amide bonds. The van der Waals surface area contributed by atoms with Gasteiger partial charge in [-0.25, -0.2) is 13.1 Å². The van der Waals surface area contributed by atoms with Crippen LogP contribution in [0, 0.1) is 23.7 Å². The van der Waals surface area contributed by atoms with Gasteiger partial charge < -0.3 is 15.5 Å². The number of carboxylic acid groups (broad SMARTS) is 2. The summed E-state index contributed by atoms with van der Waals surface area (Å²) in [5, 5.41) is 22.1. The predicted octanol–water partition coefficient (Wildman–Crippen LogP) is 0.568. The van der Waals surface area contributed by atoms with E-state index in [0.29, 0.717) is 37.3 Å². The van der Waals surface area contributed by atoms with Crippen molar-refractivity contribution in [3.05, 3.63) is 0 Å². The Balaban J connectivity index is 1.59. The zero-order chi connectivity index (χ0) is 22.1. The Labute approximate surface area is 178 Å². The minimum atomic E-state index is -3.43. The number of aliphatic carboxylic acids is 2. The molecule has 0 radical (unpaired) electrons. The normalized spacial score (nSPS) is 35.3. The Morgan fingerprint density at radius 1 is 1.10 bits per heavy atom. The van der Waals surface area contributed by atoms with Gasteiger partial charge in [-0.05, 0) is 62.3 Å². The third-order valence-corrected chi connectivity index (χ3v) is 8.59. The number of sulfonamides is 1. The van der Waals surface area contributed by atoms with Crippen LogP contribution in [0.4, 0.5) is 0 Å². The van der Waals surface area contributed by atoms with E-state index in [9.17, 15) is 28.2 Å². The van der Waals surface area contributed by atoms with E-state index >= 15 is 0 Å². The SMILES string of the molecule is CC(C)CS(=O)(=O)NC1CC(C(=O)O)N(CC2CCC3CNC(C(=O)O)CC3C2)C1. The van der Waals surface area contributed by atoms with Gasteiger partial charge in [-0.3, -0.25) is 14.5 Å². The lowest BCUT2D eigenvalue weighted by Crippen LogP contribution is -2.50. The summed E-state index contributed by atoms with van der Waals surface area (Å²) in [6.07, 6.45) is 3.81. The molecule has 3 aliphatic rings. The van der Waals surface area contributed by atoms with Gasteiger partial charge in [0, 0.05) is 19.1 Å². The lowest BCUT2D eigenvalue weighted by molar-refractivity contribution is -0.143. The molecule has 0 spiro atoms. The van der Waals surface area contributed by atoms with Gasteiger partial charge in [-0.15, -0.1) is 0 Å². The van der Waals surface area contributed by atoms with Crippen molar-refractivity contribution in [1.82, 2.24) is 14.9 Å². The smallest absolute Gasteiger partial charge is 0.320 e. The predicted molar refractivity (Wildman–Crippen MR) is 112 cm³/mol. The third-order valence-electron chi connectivity index (χ3n) is 6.79. The molecule has 1 aliphatic carbocycles. The van der Waals surface area contributed by atoms with Crippen LogP contribution < -0.4 is 10.0 Å². The van der Waals surface area contributed by atoms with Crippen molar-refractivity contribution in [1.29, 1.82) is 0 Å². The van der Waals surface area contributed by atoms with Gasteiger partial charge >= 0.3 is 11.9 Å². The van der Waals surface area contributed by atoms with Gasteiger partial charge in [0.1, 0.15) is 12.1 Å². The van der Waals surface area contributed by atoms with Crippen LogP contribution in [-0.4, -0.2) is 79.0 Å². The number of carbonyl (C=O) groups is 2. The first kappa shape index (κ1) is 23.4. The molecule has 6 atom stereocenters. The van der Waals surface area contributed by atoms with Crippen molar-refractivity contribution >= 4 is 22.0 Å². The number of hydrogen-bond acceptors (Lipinski definition) is 6. The fourth-order valence-electron chi connectivity index (χ4n) is 5.54. The van der Waals surface area contributed by atoms with Crippen molar-refractivity contribution in [3.63, 3.8) is 0 Å². The van der Waals surface area contributed by atoms with E-state index < -0.39 is 34.0 Å². The van der Waals surface area contributed by atoms with Gasteiger partial charge in [0.15, 0.2) is 0 Å². The summed E-state index contributed by atoms with van der Waals surface area (Å²) < 4.78 is 27.3.